The van der Waals surface area contributed by atoms with E-state index in [-0.39, 0.29) is 12.0 Å². The standard InChI is InChI=1S/C31H37N5O5/c1-19(2)39-25-11-10-23(17-24(25)18-32)27-33-26(35-41-27)22-9-8-20-12-14-36(15-13-21(20)16-22)28(37)31(6,7)34-29(38)40-30(3,4)5/h8-11,16-17,19H,12-15H2,1-7H3,(H,34,38). The molecule has 2 heterocycles. The van der Waals surface area contributed by atoms with Crippen LogP contribution in [-0.2, 0) is 22.4 Å². The van der Waals surface area contributed by atoms with Gasteiger partial charge in [0.1, 0.15) is 23.0 Å². The number of hydrogen-bond donors (Lipinski definition) is 1. The van der Waals surface area contributed by atoms with Crippen molar-refractivity contribution in [2.24, 2.45) is 0 Å². The Hall–Kier alpha value is -4.39. The molecule has 1 aromatic heterocycles. The summed E-state index contributed by atoms with van der Waals surface area (Å²) in [6.07, 6.45) is 0.650. The van der Waals surface area contributed by atoms with E-state index in [1.54, 1.807) is 57.7 Å². The molecule has 0 spiro atoms. The highest BCUT2D eigenvalue weighted by atomic mass is 16.6. The number of nitriles is 1. The number of hydrogen-bond acceptors (Lipinski definition) is 8. The van der Waals surface area contributed by atoms with E-state index in [1.807, 2.05) is 32.0 Å². The summed E-state index contributed by atoms with van der Waals surface area (Å²) < 4.78 is 16.6. The van der Waals surface area contributed by atoms with Gasteiger partial charge in [0.25, 0.3) is 5.89 Å². The topological polar surface area (TPSA) is 131 Å². The van der Waals surface area contributed by atoms with Gasteiger partial charge in [-0.05, 0) is 96.7 Å². The van der Waals surface area contributed by atoms with Gasteiger partial charge >= 0.3 is 6.09 Å². The highest BCUT2D eigenvalue weighted by Crippen LogP contribution is 2.29. The molecule has 3 aromatic rings. The Morgan fingerprint density at radius 3 is 2.37 bits per heavy atom. The molecule has 0 saturated heterocycles. The van der Waals surface area contributed by atoms with Gasteiger partial charge in [-0.2, -0.15) is 10.2 Å². The minimum Gasteiger partial charge on any atom is -0.490 e. The van der Waals surface area contributed by atoms with Crippen LogP contribution in [-0.4, -0.2) is 57.4 Å². The lowest BCUT2D eigenvalue weighted by Gasteiger charge is -2.32. The number of carbonyl (C=O) groups is 2. The van der Waals surface area contributed by atoms with Crippen LogP contribution >= 0.6 is 0 Å². The highest BCUT2D eigenvalue weighted by molar-refractivity contribution is 5.89. The fraction of sp³-hybridized carbons (Fsp3) is 0.452. The van der Waals surface area contributed by atoms with E-state index in [0.29, 0.717) is 54.5 Å². The molecular formula is C31H37N5O5. The van der Waals surface area contributed by atoms with E-state index >= 15 is 0 Å². The van der Waals surface area contributed by atoms with Gasteiger partial charge < -0.3 is 24.2 Å². The van der Waals surface area contributed by atoms with E-state index < -0.39 is 17.2 Å². The molecule has 2 amide bonds. The summed E-state index contributed by atoms with van der Waals surface area (Å²) in [5.41, 5.74) is 2.29. The minimum absolute atomic E-state index is 0.0539. The van der Waals surface area contributed by atoms with Crippen LogP contribution in [0.2, 0.25) is 0 Å². The molecule has 1 N–H and O–H groups in total. The van der Waals surface area contributed by atoms with Gasteiger partial charge in [-0.3, -0.25) is 4.79 Å². The van der Waals surface area contributed by atoms with Gasteiger partial charge in [0.05, 0.1) is 11.7 Å². The van der Waals surface area contributed by atoms with Crippen molar-refractivity contribution in [3.63, 3.8) is 0 Å². The van der Waals surface area contributed by atoms with Crippen molar-refractivity contribution in [1.29, 1.82) is 5.26 Å². The maximum Gasteiger partial charge on any atom is 0.408 e. The SMILES string of the molecule is CC(C)Oc1ccc(-c2nc(-c3ccc4c(c3)CCN(C(=O)C(C)(C)NC(=O)OC(C)(C)C)CC4)no2)cc1C#N. The third-order valence-electron chi connectivity index (χ3n) is 6.54. The number of amides is 2. The van der Waals surface area contributed by atoms with Gasteiger partial charge in [0, 0.05) is 24.2 Å². The molecule has 0 saturated carbocycles. The fourth-order valence-corrected chi connectivity index (χ4v) is 4.64. The van der Waals surface area contributed by atoms with Crippen LogP contribution in [0.3, 0.4) is 0 Å². The molecule has 0 bridgehead atoms. The van der Waals surface area contributed by atoms with Crippen LogP contribution in [0.1, 0.15) is 65.2 Å². The summed E-state index contributed by atoms with van der Waals surface area (Å²) in [7, 11) is 0. The molecule has 0 fully saturated rings. The second-order valence-corrected chi connectivity index (χ2v) is 11.9. The number of alkyl carbamates (subject to hydrolysis) is 1. The third kappa shape index (κ3) is 7.23. The second-order valence-electron chi connectivity index (χ2n) is 11.9. The van der Waals surface area contributed by atoms with Crippen LogP contribution in [0.5, 0.6) is 5.75 Å². The summed E-state index contributed by atoms with van der Waals surface area (Å²) in [6.45, 7) is 13.6. The Balaban J connectivity index is 1.47. The number of aromatic nitrogens is 2. The first kappa shape index (κ1) is 29.6. The largest absolute Gasteiger partial charge is 0.490 e. The molecule has 0 unspecified atom stereocenters. The summed E-state index contributed by atoms with van der Waals surface area (Å²) in [4.78, 5) is 32.0. The van der Waals surface area contributed by atoms with Crippen molar-refractivity contribution in [2.75, 3.05) is 13.1 Å². The molecule has 10 heteroatoms. The van der Waals surface area contributed by atoms with Gasteiger partial charge in [-0.1, -0.05) is 17.3 Å². The smallest absolute Gasteiger partial charge is 0.408 e. The molecule has 41 heavy (non-hydrogen) atoms. The maximum absolute atomic E-state index is 13.4. The van der Waals surface area contributed by atoms with E-state index in [9.17, 15) is 14.9 Å². The number of nitrogens with zero attached hydrogens (tertiary/aromatic N) is 4. The lowest BCUT2D eigenvalue weighted by molar-refractivity contribution is -0.137. The van der Waals surface area contributed by atoms with Crippen molar-refractivity contribution in [2.45, 2.75) is 78.6 Å². The number of rotatable bonds is 6. The van der Waals surface area contributed by atoms with E-state index in [1.165, 1.54) is 0 Å². The first-order valence-electron chi connectivity index (χ1n) is 13.7. The third-order valence-corrected chi connectivity index (χ3v) is 6.54. The van der Waals surface area contributed by atoms with E-state index in [2.05, 4.69) is 21.5 Å². The molecule has 10 nitrogen and oxygen atoms in total. The lowest BCUT2D eigenvalue weighted by atomic mass is 10.00. The molecule has 216 valence electrons. The highest BCUT2D eigenvalue weighted by Gasteiger charge is 2.35. The van der Waals surface area contributed by atoms with Crippen LogP contribution < -0.4 is 10.1 Å². The molecule has 2 aromatic carbocycles. The zero-order valence-corrected chi connectivity index (χ0v) is 24.7. The molecule has 1 aliphatic rings. The predicted octanol–water partition coefficient (Wildman–Crippen LogP) is 5.29. The maximum atomic E-state index is 13.4. The summed E-state index contributed by atoms with van der Waals surface area (Å²) in [5, 5.41) is 16.4. The van der Waals surface area contributed by atoms with Gasteiger partial charge in [-0.25, -0.2) is 4.79 Å². The first-order valence-corrected chi connectivity index (χ1v) is 13.7. The molecular weight excluding hydrogens is 522 g/mol. The van der Waals surface area contributed by atoms with Gasteiger partial charge in [-0.15, -0.1) is 0 Å². The monoisotopic (exact) mass is 559 g/mol. The Kier molecular flexibility index (Phi) is 8.38. The number of benzene rings is 2. The van der Waals surface area contributed by atoms with Crippen molar-refractivity contribution < 1.29 is 23.6 Å². The zero-order valence-electron chi connectivity index (χ0n) is 24.7. The number of ether oxygens (including phenoxy) is 2. The van der Waals surface area contributed by atoms with Crippen molar-refractivity contribution >= 4 is 12.0 Å². The summed E-state index contributed by atoms with van der Waals surface area (Å²) in [5.74, 6) is 1.08. The Morgan fingerprint density at radius 2 is 1.71 bits per heavy atom. The fourth-order valence-electron chi connectivity index (χ4n) is 4.64. The molecule has 0 aliphatic carbocycles. The van der Waals surface area contributed by atoms with E-state index in [0.717, 1.165) is 16.7 Å². The number of carbonyl (C=O) groups excluding carboxylic acids is 2. The minimum atomic E-state index is -1.12. The normalized spacial score (nSPS) is 13.7. The van der Waals surface area contributed by atoms with Crippen molar-refractivity contribution in [3.8, 4) is 34.7 Å². The molecule has 4 rings (SSSR count). The van der Waals surface area contributed by atoms with Crippen LogP contribution in [0.4, 0.5) is 4.79 Å². The zero-order chi connectivity index (χ0) is 29.9. The summed E-state index contributed by atoms with van der Waals surface area (Å²) >= 11 is 0. The molecule has 0 radical (unpaired) electrons. The van der Waals surface area contributed by atoms with Crippen LogP contribution in [0, 0.1) is 11.3 Å². The van der Waals surface area contributed by atoms with Crippen LogP contribution in [0.25, 0.3) is 22.8 Å². The summed E-state index contributed by atoms with van der Waals surface area (Å²) in [6, 6.07) is 13.4. The average Bonchev–Trinajstić information content (AvgIpc) is 3.28. The number of fused-ring (bicyclic) bond motifs is 1. The van der Waals surface area contributed by atoms with Crippen molar-refractivity contribution in [3.05, 3.63) is 53.1 Å². The predicted molar refractivity (Wildman–Crippen MR) is 153 cm³/mol. The van der Waals surface area contributed by atoms with Gasteiger partial charge in [0.2, 0.25) is 11.7 Å². The first-order chi connectivity index (χ1) is 19.3. The quantitative estimate of drug-likeness (QED) is 0.431. The van der Waals surface area contributed by atoms with E-state index in [4.69, 9.17) is 14.0 Å². The molecule has 0 atom stereocenters. The average molecular weight is 560 g/mol. The Morgan fingerprint density at radius 1 is 1.02 bits per heavy atom. The van der Waals surface area contributed by atoms with Crippen molar-refractivity contribution in [1.82, 2.24) is 20.4 Å². The van der Waals surface area contributed by atoms with Gasteiger partial charge in [0.15, 0.2) is 0 Å². The lowest BCUT2D eigenvalue weighted by Crippen LogP contribution is -2.57. The Labute approximate surface area is 240 Å². The molecule has 1 aliphatic heterocycles. The number of nitrogens with one attached hydrogen (secondary N) is 1. The second kappa shape index (κ2) is 11.6. The Bertz CT molecular complexity index is 1480. The van der Waals surface area contributed by atoms with Crippen LogP contribution in [0.15, 0.2) is 40.9 Å².